The van der Waals surface area contributed by atoms with Crippen LogP contribution in [0.25, 0.3) is 44.0 Å². The molecular formula is C26H18O12. The van der Waals surface area contributed by atoms with Crippen LogP contribution >= 0.6 is 0 Å². The van der Waals surface area contributed by atoms with Crippen molar-refractivity contribution in [1.82, 2.24) is 0 Å². The normalized spacial score (nSPS) is 17.3. The number of aromatic hydroxyl groups is 6. The summed E-state index contributed by atoms with van der Waals surface area (Å²) in [4.78, 5) is 26.5. The highest BCUT2D eigenvalue weighted by atomic mass is 16.4. The molecule has 3 aromatic carbocycles. The van der Waals surface area contributed by atoms with E-state index < -0.39 is 90.4 Å². The lowest BCUT2D eigenvalue weighted by Gasteiger charge is -2.24. The Morgan fingerprint density at radius 1 is 0.658 bits per heavy atom. The first-order valence-electron chi connectivity index (χ1n) is 11.3. The third kappa shape index (κ3) is 3.04. The highest BCUT2D eigenvalue weighted by Crippen LogP contribution is 2.50. The summed E-state index contributed by atoms with van der Waals surface area (Å²) < 4.78 is 11.0. The largest absolute Gasteiger partial charge is 0.508 e. The van der Waals surface area contributed by atoms with Gasteiger partial charge in [-0.3, -0.25) is 9.59 Å². The van der Waals surface area contributed by atoms with Gasteiger partial charge in [0.1, 0.15) is 67.9 Å². The molecule has 12 nitrogen and oxygen atoms in total. The molecule has 2 atom stereocenters. The first-order chi connectivity index (χ1) is 18.0. The number of hydrogen-bond donors (Lipinski definition) is 8. The van der Waals surface area contributed by atoms with Crippen molar-refractivity contribution in [2.45, 2.75) is 25.0 Å². The van der Waals surface area contributed by atoms with Crippen molar-refractivity contribution in [3.05, 3.63) is 56.0 Å². The van der Waals surface area contributed by atoms with Crippen molar-refractivity contribution in [2.75, 3.05) is 0 Å². The summed E-state index contributed by atoms with van der Waals surface area (Å²) in [6, 6.07) is 3.71. The number of aliphatic hydroxyl groups excluding tert-OH is 2. The third-order valence-electron chi connectivity index (χ3n) is 6.78. The molecule has 2 aromatic heterocycles. The van der Waals surface area contributed by atoms with Crippen LogP contribution in [0.5, 0.6) is 34.5 Å². The molecule has 6 rings (SSSR count). The number of rotatable bonds is 1. The van der Waals surface area contributed by atoms with Crippen molar-refractivity contribution in [3.63, 3.8) is 0 Å². The molecule has 0 spiro atoms. The number of phenols is 6. The first kappa shape index (κ1) is 23.5. The van der Waals surface area contributed by atoms with Gasteiger partial charge in [0, 0.05) is 23.8 Å². The van der Waals surface area contributed by atoms with E-state index in [1.807, 2.05) is 0 Å². The van der Waals surface area contributed by atoms with Crippen LogP contribution < -0.4 is 10.9 Å². The number of aliphatic hydroxyl groups is 2. The monoisotopic (exact) mass is 522 g/mol. The van der Waals surface area contributed by atoms with Gasteiger partial charge in [-0.25, -0.2) is 0 Å². The lowest BCUT2D eigenvalue weighted by Crippen LogP contribution is -2.23. The van der Waals surface area contributed by atoms with E-state index >= 15 is 0 Å². The summed E-state index contributed by atoms with van der Waals surface area (Å²) >= 11 is 0. The van der Waals surface area contributed by atoms with Gasteiger partial charge in [0.25, 0.3) is 0 Å². The van der Waals surface area contributed by atoms with Gasteiger partial charge in [0.15, 0.2) is 11.3 Å². The standard InChI is InChI=1S/C26H18O12/c27-7-3-11(30)17-14(4-7)37-26-13(32)5-8(21(33)20(26)23(17)35)16-12(31)6-15-19(22(16)34)24(36)18-9(28)1-2-10(29)25(18)38-15/h3-6,9-10,27-34H,1-2H2/t9-,10-/m0/s1. The van der Waals surface area contributed by atoms with E-state index in [2.05, 4.69) is 0 Å². The van der Waals surface area contributed by atoms with Gasteiger partial charge in [0.05, 0.1) is 17.2 Å². The minimum atomic E-state index is -1.28. The summed E-state index contributed by atoms with van der Waals surface area (Å²) in [6.45, 7) is 0. The predicted octanol–water partition coefficient (Wildman–Crippen LogP) is 2.81. The van der Waals surface area contributed by atoms with E-state index in [-0.39, 0.29) is 35.3 Å². The SMILES string of the molecule is O=c1c2c(oc3cc(O)c(-c4cc(O)c5oc6cc(O)cc(O)c6c(=O)c5c4O)c(O)c13)[C@@H](O)CC[C@@H]2O. The van der Waals surface area contributed by atoms with Gasteiger partial charge in [-0.1, -0.05) is 0 Å². The zero-order valence-corrected chi connectivity index (χ0v) is 19.1. The van der Waals surface area contributed by atoms with E-state index in [9.17, 15) is 50.4 Å². The molecule has 38 heavy (non-hydrogen) atoms. The van der Waals surface area contributed by atoms with Gasteiger partial charge in [0.2, 0.25) is 10.9 Å². The van der Waals surface area contributed by atoms with Gasteiger partial charge < -0.3 is 49.7 Å². The minimum absolute atomic E-state index is 0.0593. The Morgan fingerprint density at radius 2 is 1.34 bits per heavy atom. The molecule has 2 heterocycles. The average Bonchev–Trinajstić information content (AvgIpc) is 2.83. The fraction of sp³-hybridized carbons (Fsp3) is 0.154. The Bertz CT molecular complexity index is 1970. The zero-order chi connectivity index (χ0) is 27.2. The Balaban J connectivity index is 1.71. The van der Waals surface area contributed by atoms with Crippen LogP contribution in [0.3, 0.4) is 0 Å². The lowest BCUT2D eigenvalue weighted by atomic mass is 9.90. The van der Waals surface area contributed by atoms with E-state index in [4.69, 9.17) is 8.83 Å². The highest BCUT2D eigenvalue weighted by molar-refractivity contribution is 6.05. The summed E-state index contributed by atoms with van der Waals surface area (Å²) in [6.07, 6.45) is -2.30. The maximum atomic E-state index is 13.3. The molecule has 12 heteroatoms. The second kappa shape index (κ2) is 7.78. The molecule has 1 aliphatic rings. The Labute approximate surface area is 209 Å². The van der Waals surface area contributed by atoms with Crippen molar-refractivity contribution in [3.8, 4) is 45.6 Å². The molecule has 0 radical (unpaired) electrons. The van der Waals surface area contributed by atoms with E-state index in [1.54, 1.807) is 0 Å². The summed E-state index contributed by atoms with van der Waals surface area (Å²) in [5, 5.41) is 82.5. The molecule has 0 fully saturated rings. The molecule has 1 aliphatic carbocycles. The number of benzene rings is 3. The number of hydrogen-bond acceptors (Lipinski definition) is 12. The number of fused-ring (bicyclic) bond motifs is 4. The fourth-order valence-corrected chi connectivity index (χ4v) is 5.05. The number of phenolic OH excluding ortho intramolecular Hbond substituents is 6. The summed E-state index contributed by atoms with van der Waals surface area (Å²) in [7, 11) is 0. The molecule has 0 bridgehead atoms. The smallest absolute Gasteiger partial charge is 0.208 e. The van der Waals surface area contributed by atoms with E-state index in [0.717, 1.165) is 24.3 Å². The molecule has 8 N–H and O–H groups in total. The van der Waals surface area contributed by atoms with E-state index in [1.165, 1.54) is 0 Å². The predicted molar refractivity (Wildman–Crippen MR) is 131 cm³/mol. The lowest BCUT2D eigenvalue weighted by molar-refractivity contribution is 0.0715. The van der Waals surface area contributed by atoms with E-state index in [0.29, 0.717) is 0 Å². The van der Waals surface area contributed by atoms with Crippen LogP contribution in [0.4, 0.5) is 0 Å². The van der Waals surface area contributed by atoms with Gasteiger partial charge in [-0.05, 0) is 18.9 Å². The van der Waals surface area contributed by atoms with Gasteiger partial charge in [-0.15, -0.1) is 0 Å². The fourth-order valence-electron chi connectivity index (χ4n) is 5.05. The first-order valence-corrected chi connectivity index (χ1v) is 11.3. The van der Waals surface area contributed by atoms with Crippen LogP contribution in [-0.2, 0) is 0 Å². The second-order valence-electron chi connectivity index (χ2n) is 9.08. The molecule has 194 valence electrons. The Morgan fingerprint density at radius 3 is 2.08 bits per heavy atom. The topological polar surface area (TPSA) is 222 Å². The maximum Gasteiger partial charge on any atom is 0.208 e. The summed E-state index contributed by atoms with van der Waals surface area (Å²) in [5.74, 6) is -4.50. The molecule has 0 amide bonds. The van der Waals surface area contributed by atoms with Crippen molar-refractivity contribution in [2.24, 2.45) is 0 Å². The Hall–Kier alpha value is -4.94. The second-order valence-corrected chi connectivity index (χ2v) is 9.08. The van der Waals surface area contributed by atoms with Gasteiger partial charge >= 0.3 is 0 Å². The third-order valence-corrected chi connectivity index (χ3v) is 6.78. The molecule has 0 aliphatic heterocycles. The minimum Gasteiger partial charge on any atom is -0.508 e. The zero-order valence-electron chi connectivity index (χ0n) is 19.1. The summed E-state index contributed by atoms with van der Waals surface area (Å²) in [5.41, 5.74) is -4.31. The van der Waals surface area contributed by atoms with Crippen molar-refractivity contribution >= 4 is 32.9 Å². The Kier molecular flexibility index (Phi) is 4.80. The van der Waals surface area contributed by atoms with Crippen molar-refractivity contribution < 1.29 is 49.7 Å². The molecule has 5 aromatic rings. The van der Waals surface area contributed by atoms with Crippen LogP contribution in [-0.4, -0.2) is 40.9 Å². The van der Waals surface area contributed by atoms with Crippen LogP contribution in [0.15, 0.2) is 42.7 Å². The highest BCUT2D eigenvalue weighted by Gasteiger charge is 2.33. The quantitative estimate of drug-likeness (QED) is 0.118. The van der Waals surface area contributed by atoms with Crippen LogP contribution in [0.1, 0.15) is 36.4 Å². The molecule has 0 saturated heterocycles. The van der Waals surface area contributed by atoms with Crippen molar-refractivity contribution in [1.29, 1.82) is 0 Å². The van der Waals surface area contributed by atoms with Gasteiger partial charge in [-0.2, -0.15) is 0 Å². The maximum absolute atomic E-state index is 13.3. The molecule has 0 unspecified atom stereocenters. The average molecular weight is 522 g/mol. The van der Waals surface area contributed by atoms with Crippen LogP contribution in [0, 0.1) is 0 Å². The van der Waals surface area contributed by atoms with Crippen LogP contribution in [0.2, 0.25) is 0 Å². The molecule has 0 saturated carbocycles. The molecular weight excluding hydrogens is 504 g/mol.